The standard InChI is InChI=1S/C11H22N2O2/c1-2-10(11(12)14)13-7-6-9-5-3-4-8-15-9/h9-10,13H,2-8H2,1H3,(H2,12,14). The monoisotopic (exact) mass is 214 g/mol. The summed E-state index contributed by atoms with van der Waals surface area (Å²) in [7, 11) is 0. The van der Waals surface area contributed by atoms with Gasteiger partial charge in [-0.2, -0.15) is 0 Å². The molecule has 0 bridgehead atoms. The molecule has 15 heavy (non-hydrogen) atoms. The molecule has 1 fully saturated rings. The van der Waals surface area contributed by atoms with Gasteiger partial charge in [0.2, 0.25) is 5.91 Å². The third-order valence-electron chi connectivity index (χ3n) is 2.88. The maximum absolute atomic E-state index is 10.9. The van der Waals surface area contributed by atoms with E-state index in [1.807, 2.05) is 6.92 Å². The summed E-state index contributed by atoms with van der Waals surface area (Å²) in [6.07, 6.45) is 5.69. The third-order valence-corrected chi connectivity index (χ3v) is 2.88. The van der Waals surface area contributed by atoms with E-state index in [0.717, 1.165) is 32.4 Å². The summed E-state index contributed by atoms with van der Waals surface area (Å²) in [4.78, 5) is 10.9. The van der Waals surface area contributed by atoms with Crippen LogP contribution >= 0.6 is 0 Å². The molecule has 2 unspecified atom stereocenters. The molecule has 3 N–H and O–H groups in total. The van der Waals surface area contributed by atoms with Crippen LogP contribution in [0.2, 0.25) is 0 Å². The zero-order valence-corrected chi connectivity index (χ0v) is 9.50. The van der Waals surface area contributed by atoms with Crippen LogP contribution in [0.4, 0.5) is 0 Å². The third kappa shape index (κ3) is 4.62. The van der Waals surface area contributed by atoms with Crippen LogP contribution in [0.5, 0.6) is 0 Å². The SMILES string of the molecule is CCC(NCCC1CCCCO1)C(N)=O. The zero-order valence-electron chi connectivity index (χ0n) is 9.50. The van der Waals surface area contributed by atoms with Crippen molar-refractivity contribution in [2.75, 3.05) is 13.2 Å². The second-order valence-electron chi connectivity index (χ2n) is 4.09. The number of rotatable bonds is 6. The molecular weight excluding hydrogens is 192 g/mol. The van der Waals surface area contributed by atoms with E-state index in [2.05, 4.69) is 5.32 Å². The summed E-state index contributed by atoms with van der Waals surface area (Å²) in [5, 5.41) is 3.16. The Hall–Kier alpha value is -0.610. The van der Waals surface area contributed by atoms with Gasteiger partial charge < -0.3 is 15.8 Å². The lowest BCUT2D eigenvalue weighted by molar-refractivity contribution is -0.120. The van der Waals surface area contributed by atoms with Crippen molar-refractivity contribution in [2.24, 2.45) is 5.73 Å². The minimum Gasteiger partial charge on any atom is -0.378 e. The average molecular weight is 214 g/mol. The molecule has 4 nitrogen and oxygen atoms in total. The Kier molecular flexibility index (Phi) is 5.65. The quantitative estimate of drug-likeness (QED) is 0.687. The fourth-order valence-corrected chi connectivity index (χ4v) is 1.90. The number of nitrogens with one attached hydrogen (secondary N) is 1. The lowest BCUT2D eigenvalue weighted by atomic mass is 10.1. The average Bonchev–Trinajstić information content (AvgIpc) is 2.25. The van der Waals surface area contributed by atoms with E-state index < -0.39 is 0 Å². The molecule has 1 rings (SSSR count). The molecule has 1 heterocycles. The molecule has 1 saturated heterocycles. The molecule has 0 aromatic carbocycles. The van der Waals surface area contributed by atoms with Crippen molar-refractivity contribution in [1.29, 1.82) is 0 Å². The zero-order chi connectivity index (χ0) is 11.1. The highest BCUT2D eigenvalue weighted by Crippen LogP contribution is 2.14. The van der Waals surface area contributed by atoms with Gasteiger partial charge in [-0.25, -0.2) is 0 Å². The van der Waals surface area contributed by atoms with Crippen LogP contribution in [0.3, 0.4) is 0 Å². The molecule has 0 radical (unpaired) electrons. The first-order valence-corrected chi connectivity index (χ1v) is 5.88. The maximum Gasteiger partial charge on any atom is 0.234 e. The molecule has 0 spiro atoms. The normalized spacial score (nSPS) is 23.7. The molecule has 2 atom stereocenters. The number of primary amides is 1. The Balaban J connectivity index is 2.11. The highest BCUT2D eigenvalue weighted by atomic mass is 16.5. The van der Waals surface area contributed by atoms with Gasteiger partial charge in [0.05, 0.1) is 12.1 Å². The number of hydrogen-bond donors (Lipinski definition) is 2. The van der Waals surface area contributed by atoms with Gasteiger partial charge in [0.25, 0.3) is 0 Å². The van der Waals surface area contributed by atoms with Gasteiger partial charge in [-0.3, -0.25) is 4.79 Å². The van der Waals surface area contributed by atoms with Crippen LogP contribution in [0.25, 0.3) is 0 Å². The molecule has 88 valence electrons. The predicted molar refractivity (Wildman–Crippen MR) is 59.5 cm³/mol. The van der Waals surface area contributed by atoms with Gasteiger partial charge in [0.1, 0.15) is 0 Å². The molecule has 4 heteroatoms. The largest absolute Gasteiger partial charge is 0.378 e. The van der Waals surface area contributed by atoms with Crippen LogP contribution in [-0.4, -0.2) is 31.2 Å². The molecule has 1 aliphatic heterocycles. The van der Waals surface area contributed by atoms with Crippen LogP contribution in [0.1, 0.15) is 39.0 Å². The molecule has 1 aliphatic rings. The molecule has 0 saturated carbocycles. The highest BCUT2D eigenvalue weighted by molar-refractivity contribution is 5.79. The summed E-state index contributed by atoms with van der Waals surface area (Å²) < 4.78 is 5.60. The van der Waals surface area contributed by atoms with Crippen molar-refractivity contribution in [1.82, 2.24) is 5.32 Å². The lowest BCUT2D eigenvalue weighted by Crippen LogP contribution is -2.42. The van der Waals surface area contributed by atoms with E-state index in [1.54, 1.807) is 0 Å². The second-order valence-corrected chi connectivity index (χ2v) is 4.09. The topological polar surface area (TPSA) is 64.3 Å². The van der Waals surface area contributed by atoms with Crippen molar-refractivity contribution in [3.05, 3.63) is 0 Å². The smallest absolute Gasteiger partial charge is 0.234 e. The van der Waals surface area contributed by atoms with E-state index in [4.69, 9.17) is 10.5 Å². The van der Waals surface area contributed by atoms with Gasteiger partial charge >= 0.3 is 0 Å². The number of carbonyl (C=O) groups is 1. The van der Waals surface area contributed by atoms with E-state index >= 15 is 0 Å². The van der Waals surface area contributed by atoms with Gasteiger partial charge in [-0.05, 0) is 38.6 Å². The van der Waals surface area contributed by atoms with E-state index in [-0.39, 0.29) is 11.9 Å². The first-order chi connectivity index (χ1) is 7.24. The predicted octanol–water partition coefficient (Wildman–Crippen LogP) is 0.799. The number of amides is 1. The summed E-state index contributed by atoms with van der Waals surface area (Å²) in [6, 6.07) is -0.186. The molecule has 1 amide bonds. The minimum atomic E-state index is -0.262. The van der Waals surface area contributed by atoms with Gasteiger partial charge in [-0.1, -0.05) is 6.92 Å². The number of ether oxygens (including phenoxy) is 1. The van der Waals surface area contributed by atoms with E-state index in [0.29, 0.717) is 6.10 Å². The molecule has 0 aliphatic carbocycles. The van der Waals surface area contributed by atoms with Crippen molar-refractivity contribution < 1.29 is 9.53 Å². The minimum absolute atomic E-state index is 0.186. The van der Waals surface area contributed by atoms with Crippen LogP contribution < -0.4 is 11.1 Å². The van der Waals surface area contributed by atoms with Crippen molar-refractivity contribution >= 4 is 5.91 Å². The lowest BCUT2D eigenvalue weighted by Gasteiger charge is -2.23. The number of hydrogen-bond acceptors (Lipinski definition) is 3. The Morgan fingerprint density at radius 3 is 2.93 bits per heavy atom. The molecule has 0 aromatic heterocycles. The first kappa shape index (κ1) is 12.5. The van der Waals surface area contributed by atoms with Gasteiger partial charge in [-0.15, -0.1) is 0 Å². The first-order valence-electron chi connectivity index (χ1n) is 5.88. The second kappa shape index (κ2) is 6.80. The highest BCUT2D eigenvalue weighted by Gasteiger charge is 2.15. The van der Waals surface area contributed by atoms with Crippen molar-refractivity contribution in [3.63, 3.8) is 0 Å². The number of nitrogens with two attached hydrogens (primary N) is 1. The van der Waals surface area contributed by atoms with Gasteiger partial charge in [0.15, 0.2) is 0 Å². The Morgan fingerprint density at radius 2 is 2.40 bits per heavy atom. The van der Waals surface area contributed by atoms with E-state index in [1.165, 1.54) is 12.8 Å². The van der Waals surface area contributed by atoms with Gasteiger partial charge in [0, 0.05) is 6.61 Å². The fourth-order valence-electron chi connectivity index (χ4n) is 1.90. The summed E-state index contributed by atoms with van der Waals surface area (Å²) in [5.74, 6) is -0.262. The van der Waals surface area contributed by atoms with Crippen LogP contribution in [0, 0.1) is 0 Å². The Morgan fingerprint density at radius 1 is 1.60 bits per heavy atom. The van der Waals surface area contributed by atoms with Crippen molar-refractivity contribution in [2.45, 2.75) is 51.2 Å². The fraction of sp³-hybridized carbons (Fsp3) is 0.909. The molecular formula is C11H22N2O2. The Bertz CT molecular complexity index is 191. The van der Waals surface area contributed by atoms with Crippen LogP contribution in [-0.2, 0) is 9.53 Å². The maximum atomic E-state index is 10.9. The summed E-state index contributed by atoms with van der Waals surface area (Å²) >= 11 is 0. The van der Waals surface area contributed by atoms with E-state index in [9.17, 15) is 4.79 Å². The molecule has 0 aromatic rings. The summed E-state index contributed by atoms with van der Waals surface area (Å²) in [6.45, 7) is 3.66. The van der Waals surface area contributed by atoms with Crippen LogP contribution in [0.15, 0.2) is 0 Å². The van der Waals surface area contributed by atoms with Crippen molar-refractivity contribution in [3.8, 4) is 0 Å². The Labute approximate surface area is 91.5 Å². The summed E-state index contributed by atoms with van der Waals surface area (Å²) in [5.41, 5.74) is 5.23. The number of carbonyl (C=O) groups excluding carboxylic acids is 1.